The molecule has 0 aliphatic rings. The van der Waals surface area contributed by atoms with Crippen molar-refractivity contribution in [3.05, 3.63) is 96.6 Å². The van der Waals surface area contributed by atoms with Gasteiger partial charge in [0, 0.05) is 10.8 Å². The predicted molar refractivity (Wildman–Crippen MR) is 109 cm³/mol. The van der Waals surface area contributed by atoms with Crippen LogP contribution in [-0.2, 0) is 0 Å². The molecule has 0 aliphatic carbocycles. The lowest BCUT2D eigenvalue weighted by Crippen LogP contribution is -1.83. The molecule has 0 fully saturated rings. The van der Waals surface area contributed by atoms with Gasteiger partial charge in [-0.1, -0.05) is 72.8 Å². The van der Waals surface area contributed by atoms with Crippen LogP contribution in [0.5, 0.6) is 0 Å². The van der Waals surface area contributed by atoms with Crippen LogP contribution >= 0.6 is 0 Å². The van der Waals surface area contributed by atoms with Crippen molar-refractivity contribution in [2.45, 2.75) is 6.92 Å². The summed E-state index contributed by atoms with van der Waals surface area (Å²) < 4.78 is 6.02. The summed E-state index contributed by atoms with van der Waals surface area (Å²) in [5.41, 5.74) is 8.08. The molecule has 0 saturated heterocycles. The van der Waals surface area contributed by atoms with Crippen LogP contribution in [0.4, 0.5) is 0 Å². The minimum Gasteiger partial charge on any atom is -0.456 e. The molecule has 0 amide bonds. The highest BCUT2D eigenvalue weighted by Gasteiger charge is 2.08. The smallest absolute Gasteiger partial charge is 0.136 e. The molecule has 0 aliphatic heterocycles. The maximum Gasteiger partial charge on any atom is 0.136 e. The van der Waals surface area contributed by atoms with Gasteiger partial charge in [0.1, 0.15) is 11.2 Å². The van der Waals surface area contributed by atoms with E-state index >= 15 is 0 Å². The molecule has 0 N–H and O–H groups in total. The van der Waals surface area contributed by atoms with Crippen molar-refractivity contribution in [1.29, 1.82) is 0 Å². The second-order valence-corrected chi connectivity index (χ2v) is 6.70. The number of hydrogen-bond acceptors (Lipinski definition) is 1. The van der Waals surface area contributed by atoms with E-state index in [-0.39, 0.29) is 0 Å². The number of hydrogen-bond donors (Lipinski definition) is 0. The number of aryl methyl sites for hydroxylation is 1. The van der Waals surface area contributed by atoms with Gasteiger partial charge < -0.3 is 4.42 Å². The Kier molecular flexibility index (Phi) is 3.39. The van der Waals surface area contributed by atoms with Crippen molar-refractivity contribution in [1.82, 2.24) is 0 Å². The first kappa shape index (κ1) is 15.0. The third-order valence-electron chi connectivity index (χ3n) is 5.05. The molecule has 124 valence electrons. The second-order valence-electron chi connectivity index (χ2n) is 6.70. The third-order valence-corrected chi connectivity index (χ3v) is 5.05. The molecule has 1 nitrogen and oxygen atoms in total. The first-order chi connectivity index (χ1) is 12.8. The lowest BCUT2D eigenvalue weighted by Gasteiger charge is -2.07. The van der Waals surface area contributed by atoms with Crippen LogP contribution < -0.4 is 0 Å². The summed E-state index contributed by atoms with van der Waals surface area (Å²) in [4.78, 5) is 0. The van der Waals surface area contributed by atoms with Gasteiger partial charge in [-0.25, -0.2) is 0 Å². The van der Waals surface area contributed by atoms with E-state index in [9.17, 15) is 0 Å². The van der Waals surface area contributed by atoms with Gasteiger partial charge in [0.2, 0.25) is 0 Å². The lowest BCUT2D eigenvalue weighted by molar-refractivity contribution is 0.669. The van der Waals surface area contributed by atoms with Gasteiger partial charge in [-0.15, -0.1) is 0 Å². The maximum absolute atomic E-state index is 6.02. The minimum atomic E-state index is 0.937. The van der Waals surface area contributed by atoms with Gasteiger partial charge >= 0.3 is 0 Å². The summed E-state index contributed by atoms with van der Waals surface area (Å²) in [6.07, 6.45) is 0. The Labute approximate surface area is 152 Å². The molecule has 0 bridgehead atoms. The number of para-hydroxylation sites is 1. The molecule has 1 heterocycles. The average Bonchev–Trinajstić information content (AvgIpc) is 3.06. The average molecular weight is 334 g/mol. The Morgan fingerprint density at radius 2 is 1.19 bits per heavy atom. The van der Waals surface area contributed by atoms with Crippen LogP contribution in [0.3, 0.4) is 0 Å². The van der Waals surface area contributed by atoms with Crippen LogP contribution in [0.2, 0.25) is 0 Å². The molecule has 5 rings (SSSR count). The fourth-order valence-electron chi connectivity index (χ4n) is 3.64. The molecule has 0 saturated carbocycles. The molecule has 0 unspecified atom stereocenters. The van der Waals surface area contributed by atoms with Gasteiger partial charge in [-0.2, -0.15) is 0 Å². The van der Waals surface area contributed by atoms with E-state index in [4.69, 9.17) is 4.42 Å². The van der Waals surface area contributed by atoms with Gasteiger partial charge in [-0.05, 0) is 52.9 Å². The van der Waals surface area contributed by atoms with Crippen molar-refractivity contribution < 1.29 is 4.42 Å². The summed E-state index contributed by atoms with van der Waals surface area (Å²) in [5, 5.41) is 2.34. The SMILES string of the molecule is Cc1ccccc1-c1ccc(-c2ccc3c(c2)oc2ccccc23)cc1. The van der Waals surface area contributed by atoms with E-state index in [0.29, 0.717) is 0 Å². The van der Waals surface area contributed by atoms with E-state index in [1.54, 1.807) is 0 Å². The molecule has 0 atom stereocenters. The van der Waals surface area contributed by atoms with E-state index in [2.05, 4.69) is 85.8 Å². The van der Waals surface area contributed by atoms with Crippen LogP contribution in [0.25, 0.3) is 44.2 Å². The van der Waals surface area contributed by atoms with Gasteiger partial charge in [-0.3, -0.25) is 0 Å². The summed E-state index contributed by atoms with van der Waals surface area (Å²) in [6.45, 7) is 2.15. The Hall–Kier alpha value is -3.32. The van der Waals surface area contributed by atoms with Crippen molar-refractivity contribution in [3.8, 4) is 22.3 Å². The largest absolute Gasteiger partial charge is 0.456 e. The molecule has 4 aromatic carbocycles. The first-order valence-electron chi connectivity index (χ1n) is 8.87. The molecule has 5 aromatic rings. The van der Waals surface area contributed by atoms with Crippen LogP contribution in [0, 0.1) is 6.92 Å². The number of furan rings is 1. The highest BCUT2D eigenvalue weighted by atomic mass is 16.3. The van der Waals surface area contributed by atoms with Crippen LogP contribution in [0.1, 0.15) is 5.56 Å². The standard InChI is InChI=1S/C25H18O/c1-17-6-2-3-7-21(17)19-12-10-18(11-13-19)20-14-15-23-22-8-4-5-9-24(22)26-25(23)16-20/h2-16H,1H3. The normalized spacial score (nSPS) is 11.3. The molecular weight excluding hydrogens is 316 g/mol. The first-order valence-corrected chi connectivity index (χ1v) is 8.87. The maximum atomic E-state index is 6.02. The molecule has 0 radical (unpaired) electrons. The second kappa shape index (κ2) is 5.89. The molecule has 26 heavy (non-hydrogen) atoms. The zero-order chi connectivity index (χ0) is 17.5. The van der Waals surface area contributed by atoms with Crippen molar-refractivity contribution in [3.63, 3.8) is 0 Å². The third kappa shape index (κ3) is 2.41. The van der Waals surface area contributed by atoms with E-state index < -0.39 is 0 Å². The Morgan fingerprint density at radius 3 is 2.04 bits per heavy atom. The molecule has 0 spiro atoms. The summed E-state index contributed by atoms with van der Waals surface area (Å²) in [5.74, 6) is 0. The summed E-state index contributed by atoms with van der Waals surface area (Å²) >= 11 is 0. The molecule has 1 heteroatoms. The van der Waals surface area contributed by atoms with E-state index in [1.165, 1.54) is 38.6 Å². The number of rotatable bonds is 2. The monoisotopic (exact) mass is 334 g/mol. The fraction of sp³-hybridized carbons (Fsp3) is 0.0400. The topological polar surface area (TPSA) is 13.1 Å². The minimum absolute atomic E-state index is 0.937. The molecule has 1 aromatic heterocycles. The fourth-order valence-corrected chi connectivity index (χ4v) is 3.64. The van der Waals surface area contributed by atoms with Crippen molar-refractivity contribution in [2.75, 3.05) is 0 Å². The van der Waals surface area contributed by atoms with E-state index in [1.807, 2.05) is 12.1 Å². The quantitative estimate of drug-likeness (QED) is 0.332. The molecular formula is C25H18O. The van der Waals surface area contributed by atoms with Crippen molar-refractivity contribution >= 4 is 21.9 Å². The highest BCUT2D eigenvalue weighted by molar-refractivity contribution is 6.05. The van der Waals surface area contributed by atoms with Gasteiger partial charge in [0.25, 0.3) is 0 Å². The summed E-state index contributed by atoms with van der Waals surface area (Å²) in [7, 11) is 0. The number of fused-ring (bicyclic) bond motifs is 3. The Morgan fingerprint density at radius 1 is 0.538 bits per heavy atom. The zero-order valence-electron chi connectivity index (χ0n) is 14.6. The Bertz CT molecular complexity index is 1230. The van der Waals surface area contributed by atoms with Crippen molar-refractivity contribution in [2.24, 2.45) is 0 Å². The number of benzene rings is 4. The lowest BCUT2D eigenvalue weighted by atomic mass is 9.97. The van der Waals surface area contributed by atoms with Gasteiger partial charge in [0.05, 0.1) is 0 Å². The summed E-state index contributed by atoms with van der Waals surface area (Å²) in [6, 6.07) is 31.9. The van der Waals surface area contributed by atoms with Crippen LogP contribution in [0.15, 0.2) is 95.4 Å². The Balaban J connectivity index is 1.57. The van der Waals surface area contributed by atoms with Gasteiger partial charge in [0.15, 0.2) is 0 Å². The van der Waals surface area contributed by atoms with E-state index in [0.717, 1.165) is 11.2 Å². The van der Waals surface area contributed by atoms with Crippen LogP contribution in [-0.4, -0.2) is 0 Å². The predicted octanol–water partition coefficient (Wildman–Crippen LogP) is 7.23. The highest BCUT2D eigenvalue weighted by Crippen LogP contribution is 2.33. The zero-order valence-corrected chi connectivity index (χ0v) is 14.6.